The molecule has 30 heavy (non-hydrogen) atoms. The first-order valence-corrected chi connectivity index (χ1v) is 9.82. The van der Waals surface area contributed by atoms with E-state index in [1.54, 1.807) is 6.07 Å². The van der Waals surface area contributed by atoms with Gasteiger partial charge in [0.1, 0.15) is 18.6 Å². The number of carboxylic acid groups (broad SMARTS) is 1. The van der Waals surface area contributed by atoms with Crippen molar-refractivity contribution in [2.45, 2.75) is 38.8 Å². The van der Waals surface area contributed by atoms with E-state index in [0.29, 0.717) is 18.1 Å². The third kappa shape index (κ3) is 4.20. The summed E-state index contributed by atoms with van der Waals surface area (Å²) in [7, 11) is 0. The molecule has 0 saturated carbocycles. The second kappa shape index (κ2) is 8.41. The van der Waals surface area contributed by atoms with E-state index in [4.69, 9.17) is 9.26 Å². The predicted molar refractivity (Wildman–Crippen MR) is 111 cm³/mol. The first-order valence-electron chi connectivity index (χ1n) is 9.82. The minimum atomic E-state index is -0.889. The number of aliphatic carboxylic acids is 1. The molecule has 2 aromatic heterocycles. The first kappa shape index (κ1) is 19.7. The van der Waals surface area contributed by atoms with Gasteiger partial charge in [-0.25, -0.2) is 0 Å². The van der Waals surface area contributed by atoms with Gasteiger partial charge in [0.25, 0.3) is 0 Å². The Morgan fingerprint density at radius 1 is 1.17 bits per heavy atom. The molecule has 1 N–H and O–H groups in total. The van der Waals surface area contributed by atoms with Crippen molar-refractivity contribution in [1.82, 2.24) is 14.9 Å². The van der Waals surface area contributed by atoms with Crippen molar-refractivity contribution in [3.05, 3.63) is 77.8 Å². The lowest BCUT2D eigenvalue weighted by Crippen LogP contribution is -2.08. The molecule has 0 amide bonds. The zero-order chi connectivity index (χ0) is 21.1. The zero-order valence-electron chi connectivity index (χ0n) is 16.9. The summed E-state index contributed by atoms with van der Waals surface area (Å²) in [6.45, 7) is 4.64. The van der Waals surface area contributed by atoms with Gasteiger partial charge in [0.05, 0.1) is 23.8 Å². The third-order valence-corrected chi connectivity index (χ3v) is 5.03. The lowest BCUT2D eigenvalue weighted by molar-refractivity contribution is -0.137. The summed E-state index contributed by atoms with van der Waals surface area (Å²) in [5.41, 5.74) is 3.59. The molecule has 154 valence electrons. The van der Waals surface area contributed by atoms with Crippen molar-refractivity contribution in [2.75, 3.05) is 0 Å². The standard InChI is InChI=1S/C23H23N3O4/c1-15(2)26-22-11-16(3-4-18(22)13-24-26)14-29-19-7-5-17(6-8-19)20(12-23(27)28)21-9-10-30-25-21/h3-11,13,15,20H,12,14H2,1-2H3,(H,27,28)/t20-/m0/s1. The van der Waals surface area contributed by atoms with Gasteiger partial charge in [-0.05, 0) is 43.2 Å². The monoisotopic (exact) mass is 405 g/mol. The van der Waals surface area contributed by atoms with Crippen molar-refractivity contribution >= 4 is 16.9 Å². The van der Waals surface area contributed by atoms with Crippen molar-refractivity contribution in [1.29, 1.82) is 0 Å². The summed E-state index contributed by atoms with van der Waals surface area (Å²) >= 11 is 0. The van der Waals surface area contributed by atoms with Gasteiger partial charge in [0, 0.05) is 23.4 Å². The summed E-state index contributed by atoms with van der Waals surface area (Å²) in [6.07, 6.45) is 3.27. The van der Waals surface area contributed by atoms with Crippen LogP contribution in [0.25, 0.3) is 10.9 Å². The Labute approximate surface area is 173 Å². The Hall–Kier alpha value is -3.61. The summed E-state index contributed by atoms with van der Waals surface area (Å²) in [5, 5.41) is 18.7. The molecule has 0 saturated heterocycles. The summed E-state index contributed by atoms with van der Waals surface area (Å²) in [4.78, 5) is 11.3. The van der Waals surface area contributed by atoms with Crippen LogP contribution in [0, 0.1) is 0 Å². The van der Waals surface area contributed by atoms with E-state index in [1.807, 2.05) is 41.2 Å². The van der Waals surface area contributed by atoms with Crippen LogP contribution in [0.4, 0.5) is 0 Å². The summed E-state index contributed by atoms with van der Waals surface area (Å²) < 4.78 is 12.8. The van der Waals surface area contributed by atoms with Crippen molar-refractivity contribution < 1.29 is 19.2 Å². The largest absolute Gasteiger partial charge is 0.489 e. The van der Waals surface area contributed by atoms with Crippen LogP contribution in [0.2, 0.25) is 0 Å². The fourth-order valence-electron chi connectivity index (χ4n) is 3.52. The van der Waals surface area contributed by atoms with Gasteiger partial charge >= 0.3 is 5.97 Å². The molecule has 2 heterocycles. The number of hydrogen-bond donors (Lipinski definition) is 1. The number of ether oxygens (including phenoxy) is 1. The Morgan fingerprint density at radius 2 is 1.97 bits per heavy atom. The number of nitrogens with zero attached hydrogens (tertiary/aromatic N) is 3. The van der Waals surface area contributed by atoms with E-state index in [2.05, 4.69) is 36.2 Å². The van der Waals surface area contributed by atoms with Crippen LogP contribution in [0.5, 0.6) is 5.75 Å². The normalized spacial score (nSPS) is 12.4. The van der Waals surface area contributed by atoms with Gasteiger partial charge in [-0.15, -0.1) is 0 Å². The zero-order valence-corrected chi connectivity index (χ0v) is 16.9. The van der Waals surface area contributed by atoms with E-state index in [0.717, 1.165) is 22.0 Å². The van der Waals surface area contributed by atoms with Crippen LogP contribution in [0.3, 0.4) is 0 Å². The minimum Gasteiger partial charge on any atom is -0.489 e. The first-order chi connectivity index (χ1) is 14.5. The quantitative estimate of drug-likeness (QED) is 0.453. The van der Waals surface area contributed by atoms with Gasteiger partial charge < -0.3 is 14.4 Å². The average Bonchev–Trinajstić information content (AvgIpc) is 3.40. The van der Waals surface area contributed by atoms with Gasteiger partial charge in [-0.1, -0.05) is 29.4 Å². The Morgan fingerprint density at radius 3 is 2.63 bits per heavy atom. The van der Waals surface area contributed by atoms with Crippen LogP contribution in [-0.4, -0.2) is 26.0 Å². The molecular weight excluding hydrogens is 382 g/mol. The van der Waals surface area contributed by atoms with E-state index >= 15 is 0 Å². The highest BCUT2D eigenvalue weighted by molar-refractivity contribution is 5.79. The fourth-order valence-corrected chi connectivity index (χ4v) is 3.52. The van der Waals surface area contributed by atoms with Crippen LogP contribution in [-0.2, 0) is 11.4 Å². The highest BCUT2D eigenvalue weighted by atomic mass is 16.5. The maximum Gasteiger partial charge on any atom is 0.304 e. The smallest absolute Gasteiger partial charge is 0.304 e. The van der Waals surface area contributed by atoms with Gasteiger partial charge in [0.15, 0.2) is 0 Å². The van der Waals surface area contributed by atoms with E-state index in [9.17, 15) is 9.90 Å². The van der Waals surface area contributed by atoms with Crippen LogP contribution < -0.4 is 4.74 Å². The number of rotatable bonds is 8. The van der Waals surface area contributed by atoms with E-state index in [-0.39, 0.29) is 18.4 Å². The molecule has 0 aliphatic rings. The number of carboxylic acids is 1. The number of aromatic nitrogens is 3. The van der Waals surface area contributed by atoms with E-state index in [1.165, 1.54) is 6.26 Å². The lowest BCUT2D eigenvalue weighted by atomic mass is 9.92. The Bertz CT molecular complexity index is 1130. The molecule has 0 radical (unpaired) electrons. The maximum atomic E-state index is 11.3. The predicted octanol–water partition coefficient (Wildman–Crippen LogP) is 4.79. The number of hydrogen-bond acceptors (Lipinski definition) is 5. The van der Waals surface area contributed by atoms with Gasteiger partial charge in [-0.3, -0.25) is 9.48 Å². The van der Waals surface area contributed by atoms with Crippen molar-refractivity contribution in [3.63, 3.8) is 0 Å². The van der Waals surface area contributed by atoms with Crippen molar-refractivity contribution in [3.8, 4) is 5.75 Å². The summed E-state index contributed by atoms with van der Waals surface area (Å²) in [6, 6.07) is 15.6. The molecule has 0 fully saturated rings. The molecule has 0 aliphatic heterocycles. The molecule has 4 rings (SSSR count). The Kier molecular flexibility index (Phi) is 5.52. The average molecular weight is 405 g/mol. The topological polar surface area (TPSA) is 90.4 Å². The molecule has 0 unspecified atom stereocenters. The van der Waals surface area contributed by atoms with Crippen LogP contribution in [0.15, 0.2) is 65.5 Å². The molecule has 7 nitrogen and oxygen atoms in total. The van der Waals surface area contributed by atoms with Crippen LogP contribution in [0.1, 0.15) is 49.0 Å². The molecule has 7 heteroatoms. The molecule has 4 aromatic rings. The molecule has 0 aliphatic carbocycles. The third-order valence-electron chi connectivity index (χ3n) is 5.03. The molecule has 2 aromatic carbocycles. The molecule has 0 bridgehead atoms. The number of carbonyl (C=O) groups is 1. The van der Waals surface area contributed by atoms with Gasteiger partial charge in [-0.2, -0.15) is 5.10 Å². The second-order valence-electron chi connectivity index (χ2n) is 7.51. The van der Waals surface area contributed by atoms with Crippen LogP contribution >= 0.6 is 0 Å². The molecular formula is C23H23N3O4. The highest BCUT2D eigenvalue weighted by Gasteiger charge is 2.20. The lowest BCUT2D eigenvalue weighted by Gasteiger charge is -2.13. The number of fused-ring (bicyclic) bond motifs is 1. The molecule has 1 atom stereocenters. The van der Waals surface area contributed by atoms with E-state index < -0.39 is 5.97 Å². The maximum absolute atomic E-state index is 11.3. The fraction of sp³-hybridized carbons (Fsp3) is 0.261. The Balaban J connectivity index is 1.48. The minimum absolute atomic E-state index is 0.0592. The summed E-state index contributed by atoms with van der Waals surface area (Å²) in [5.74, 6) is -0.543. The second-order valence-corrected chi connectivity index (χ2v) is 7.51. The van der Waals surface area contributed by atoms with Crippen molar-refractivity contribution in [2.24, 2.45) is 0 Å². The highest BCUT2D eigenvalue weighted by Crippen LogP contribution is 2.29. The van der Waals surface area contributed by atoms with Gasteiger partial charge in [0.2, 0.25) is 0 Å². The molecule has 0 spiro atoms. The SMILES string of the molecule is CC(C)n1ncc2ccc(COc3ccc([C@H](CC(=O)O)c4ccon4)cc3)cc21. The number of benzene rings is 2.